The van der Waals surface area contributed by atoms with Crippen LogP contribution in [0.25, 0.3) is 0 Å². The van der Waals surface area contributed by atoms with Crippen molar-refractivity contribution in [2.24, 2.45) is 11.5 Å². The van der Waals surface area contributed by atoms with E-state index < -0.39 is 11.9 Å². The highest BCUT2D eigenvalue weighted by Gasteiger charge is 2.11. The van der Waals surface area contributed by atoms with E-state index in [2.05, 4.69) is 9.97 Å². The van der Waals surface area contributed by atoms with Gasteiger partial charge in [0.25, 0.3) is 0 Å². The second-order valence-electron chi connectivity index (χ2n) is 2.89. The fourth-order valence-electron chi connectivity index (χ4n) is 0.822. The molecule has 0 aromatic carbocycles. The van der Waals surface area contributed by atoms with Crippen LogP contribution in [0.15, 0.2) is 12.4 Å². The second kappa shape index (κ2) is 3.95. The van der Waals surface area contributed by atoms with Gasteiger partial charge in [0.15, 0.2) is 0 Å². The van der Waals surface area contributed by atoms with E-state index in [4.69, 9.17) is 11.5 Å². The van der Waals surface area contributed by atoms with Crippen molar-refractivity contribution >= 4 is 5.91 Å². The summed E-state index contributed by atoms with van der Waals surface area (Å²) >= 11 is 0. The van der Waals surface area contributed by atoms with Gasteiger partial charge in [0, 0.05) is 18.8 Å². The van der Waals surface area contributed by atoms with Crippen molar-refractivity contribution in [2.45, 2.75) is 19.4 Å². The number of rotatable bonds is 3. The minimum Gasteiger partial charge on any atom is -0.368 e. The molecule has 1 heterocycles. The molecule has 0 fully saturated rings. The summed E-state index contributed by atoms with van der Waals surface area (Å²) in [5.74, 6) is 0.000995. The number of carbonyl (C=O) groups is 1. The fraction of sp³-hybridized carbons (Fsp3) is 0.375. The minimum atomic E-state index is -0.706. The predicted octanol–water partition coefficient (Wildman–Crippen LogP) is -0.860. The number of hydrogen-bond acceptors (Lipinski definition) is 4. The average Bonchev–Trinajstić information content (AvgIpc) is 2.08. The number of nitrogens with zero attached hydrogens (tertiary/aromatic N) is 2. The van der Waals surface area contributed by atoms with Crippen LogP contribution in [-0.4, -0.2) is 21.9 Å². The summed E-state index contributed by atoms with van der Waals surface area (Å²) in [5, 5.41) is 0. The molecule has 1 rings (SSSR count). The Labute approximate surface area is 76.2 Å². The van der Waals surface area contributed by atoms with Gasteiger partial charge in [0.2, 0.25) is 5.91 Å². The van der Waals surface area contributed by atoms with E-state index in [9.17, 15) is 4.79 Å². The van der Waals surface area contributed by atoms with Crippen molar-refractivity contribution in [3.05, 3.63) is 23.8 Å². The first kappa shape index (κ1) is 9.60. The number of aryl methyl sites for hydroxylation is 1. The third kappa shape index (κ3) is 2.79. The number of primary amides is 1. The summed E-state index contributed by atoms with van der Waals surface area (Å²) in [4.78, 5) is 18.6. The molecule has 0 saturated carbocycles. The molecule has 0 aliphatic rings. The Kier molecular flexibility index (Phi) is 2.92. The molecule has 0 spiro atoms. The first-order chi connectivity index (χ1) is 6.09. The van der Waals surface area contributed by atoms with E-state index in [0.717, 1.165) is 5.56 Å². The summed E-state index contributed by atoms with van der Waals surface area (Å²) in [5.41, 5.74) is 11.4. The van der Waals surface area contributed by atoms with Crippen LogP contribution in [0.4, 0.5) is 0 Å². The Morgan fingerprint density at radius 3 is 2.54 bits per heavy atom. The first-order valence-electron chi connectivity index (χ1n) is 3.92. The molecule has 1 amide bonds. The van der Waals surface area contributed by atoms with Crippen molar-refractivity contribution in [3.63, 3.8) is 0 Å². The smallest absolute Gasteiger partial charge is 0.234 e. The molecular weight excluding hydrogens is 168 g/mol. The third-order valence-corrected chi connectivity index (χ3v) is 1.60. The van der Waals surface area contributed by atoms with E-state index >= 15 is 0 Å². The van der Waals surface area contributed by atoms with Gasteiger partial charge < -0.3 is 11.5 Å². The standard InChI is InChI=1S/C8H12N4O/c1-5-3-11-7(12-4-5)2-6(9)8(10)13/h3-4,6H,2,9H2,1H3,(H2,10,13). The zero-order valence-electron chi connectivity index (χ0n) is 7.40. The van der Waals surface area contributed by atoms with Crippen LogP contribution < -0.4 is 11.5 Å². The summed E-state index contributed by atoms with van der Waals surface area (Å²) < 4.78 is 0. The molecule has 0 aliphatic heterocycles. The summed E-state index contributed by atoms with van der Waals surface area (Å²) in [7, 11) is 0. The quantitative estimate of drug-likeness (QED) is 0.632. The summed E-state index contributed by atoms with van der Waals surface area (Å²) in [6.07, 6.45) is 3.64. The second-order valence-corrected chi connectivity index (χ2v) is 2.89. The number of nitrogens with two attached hydrogens (primary N) is 2. The van der Waals surface area contributed by atoms with E-state index in [0.29, 0.717) is 5.82 Å². The zero-order chi connectivity index (χ0) is 9.84. The van der Waals surface area contributed by atoms with Crippen molar-refractivity contribution in [2.75, 3.05) is 0 Å². The lowest BCUT2D eigenvalue weighted by molar-refractivity contribution is -0.119. The van der Waals surface area contributed by atoms with Crippen LogP contribution in [-0.2, 0) is 11.2 Å². The lowest BCUT2D eigenvalue weighted by Crippen LogP contribution is -2.38. The largest absolute Gasteiger partial charge is 0.368 e. The van der Waals surface area contributed by atoms with Crippen LogP contribution in [0, 0.1) is 6.92 Å². The van der Waals surface area contributed by atoms with Gasteiger partial charge in [-0.05, 0) is 12.5 Å². The lowest BCUT2D eigenvalue weighted by atomic mass is 10.2. The van der Waals surface area contributed by atoms with Gasteiger partial charge in [-0.15, -0.1) is 0 Å². The van der Waals surface area contributed by atoms with Gasteiger partial charge in [0.05, 0.1) is 6.04 Å². The minimum absolute atomic E-state index is 0.287. The number of hydrogen-bond donors (Lipinski definition) is 2. The molecule has 0 bridgehead atoms. The molecule has 0 radical (unpaired) electrons. The Bertz CT molecular complexity index is 296. The van der Waals surface area contributed by atoms with E-state index in [-0.39, 0.29) is 6.42 Å². The predicted molar refractivity (Wildman–Crippen MR) is 47.6 cm³/mol. The highest BCUT2D eigenvalue weighted by molar-refractivity contribution is 5.79. The Morgan fingerprint density at radius 2 is 2.08 bits per heavy atom. The maximum atomic E-state index is 10.6. The Hall–Kier alpha value is -1.49. The van der Waals surface area contributed by atoms with Crippen molar-refractivity contribution in [1.29, 1.82) is 0 Å². The van der Waals surface area contributed by atoms with Crippen LogP contribution in [0.5, 0.6) is 0 Å². The van der Waals surface area contributed by atoms with Gasteiger partial charge in [-0.1, -0.05) is 0 Å². The summed E-state index contributed by atoms with van der Waals surface area (Å²) in [6, 6.07) is -0.706. The maximum Gasteiger partial charge on any atom is 0.234 e. The number of aromatic nitrogens is 2. The molecule has 1 atom stereocenters. The SMILES string of the molecule is Cc1cnc(CC(N)C(N)=O)nc1. The van der Waals surface area contributed by atoms with Crippen LogP contribution in [0.1, 0.15) is 11.4 Å². The molecule has 4 N–H and O–H groups in total. The molecular formula is C8H12N4O. The molecule has 1 aromatic rings. The number of carbonyl (C=O) groups excluding carboxylic acids is 1. The van der Waals surface area contributed by atoms with Gasteiger partial charge in [-0.3, -0.25) is 4.79 Å². The zero-order valence-corrected chi connectivity index (χ0v) is 7.40. The van der Waals surface area contributed by atoms with E-state index in [1.165, 1.54) is 0 Å². The Morgan fingerprint density at radius 1 is 1.54 bits per heavy atom. The lowest BCUT2D eigenvalue weighted by Gasteiger charge is -2.05. The van der Waals surface area contributed by atoms with E-state index in [1.54, 1.807) is 12.4 Å². The fourth-order valence-corrected chi connectivity index (χ4v) is 0.822. The highest BCUT2D eigenvalue weighted by atomic mass is 16.1. The van der Waals surface area contributed by atoms with Crippen molar-refractivity contribution < 1.29 is 4.79 Å². The van der Waals surface area contributed by atoms with Crippen LogP contribution in [0.3, 0.4) is 0 Å². The number of amides is 1. The van der Waals surface area contributed by atoms with Crippen molar-refractivity contribution in [3.8, 4) is 0 Å². The first-order valence-corrected chi connectivity index (χ1v) is 3.92. The molecule has 13 heavy (non-hydrogen) atoms. The molecule has 5 nitrogen and oxygen atoms in total. The topological polar surface area (TPSA) is 94.9 Å². The Balaban J connectivity index is 2.64. The van der Waals surface area contributed by atoms with E-state index in [1.807, 2.05) is 6.92 Å². The average molecular weight is 180 g/mol. The van der Waals surface area contributed by atoms with Gasteiger partial charge in [0.1, 0.15) is 5.82 Å². The maximum absolute atomic E-state index is 10.6. The monoisotopic (exact) mass is 180 g/mol. The molecule has 1 unspecified atom stereocenters. The normalized spacial score (nSPS) is 12.5. The molecule has 70 valence electrons. The van der Waals surface area contributed by atoms with Gasteiger partial charge >= 0.3 is 0 Å². The molecule has 5 heteroatoms. The van der Waals surface area contributed by atoms with Gasteiger partial charge in [-0.2, -0.15) is 0 Å². The van der Waals surface area contributed by atoms with Crippen LogP contribution in [0.2, 0.25) is 0 Å². The molecule has 0 aliphatic carbocycles. The third-order valence-electron chi connectivity index (χ3n) is 1.60. The highest BCUT2D eigenvalue weighted by Crippen LogP contribution is 1.96. The van der Waals surface area contributed by atoms with Crippen molar-refractivity contribution in [1.82, 2.24) is 9.97 Å². The molecule has 1 aromatic heterocycles. The van der Waals surface area contributed by atoms with Gasteiger partial charge in [-0.25, -0.2) is 9.97 Å². The molecule has 0 saturated heterocycles. The van der Waals surface area contributed by atoms with Crippen LogP contribution >= 0.6 is 0 Å². The summed E-state index contributed by atoms with van der Waals surface area (Å²) in [6.45, 7) is 1.89.